The van der Waals surface area contributed by atoms with Gasteiger partial charge in [0.25, 0.3) is 5.91 Å². The van der Waals surface area contributed by atoms with Gasteiger partial charge in [-0.15, -0.1) is 11.3 Å². The maximum Gasteiger partial charge on any atom is 0.265 e. The zero-order valence-corrected chi connectivity index (χ0v) is 16.5. The molecule has 3 nitrogen and oxygen atoms in total. The average molecular weight is 386 g/mol. The SMILES string of the molecule is Cc1ccc(NC(=O)c2cc(COc3ccc(Cl)cc3C)cs2)cc1C. The van der Waals surface area contributed by atoms with E-state index >= 15 is 0 Å². The average Bonchev–Trinajstić information content (AvgIpc) is 3.06. The van der Waals surface area contributed by atoms with Gasteiger partial charge in [0.05, 0.1) is 4.88 Å². The number of carbonyl (C=O) groups is 1. The molecule has 3 rings (SSSR count). The van der Waals surface area contributed by atoms with E-state index in [2.05, 4.69) is 12.2 Å². The number of amides is 1. The molecule has 0 aliphatic carbocycles. The minimum atomic E-state index is -0.104. The van der Waals surface area contributed by atoms with E-state index in [1.54, 1.807) is 6.07 Å². The van der Waals surface area contributed by atoms with Gasteiger partial charge in [-0.2, -0.15) is 0 Å². The molecule has 26 heavy (non-hydrogen) atoms. The number of thiophene rings is 1. The fourth-order valence-electron chi connectivity index (χ4n) is 2.52. The summed E-state index contributed by atoms with van der Waals surface area (Å²) in [5, 5.41) is 5.58. The predicted octanol–water partition coefficient (Wildman–Crippen LogP) is 6.16. The molecule has 0 spiro atoms. The smallest absolute Gasteiger partial charge is 0.265 e. The molecular weight excluding hydrogens is 366 g/mol. The highest BCUT2D eigenvalue weighted by atomic mass is 35.5. The summed E-state index contributed by atoms with van der Waals surface area (Å²) >= 11 is 7.37. The van der Waals surface area contributed by atoms with Gasteiger partial charge in [0, 0.05) is 16.3 Å². The number of nitrogens with one attached hydrogen (secondary N) is 1. The molecule has 0 saturated heterocycles. The van der Waals surface area contributed by atoms with E-state index in [9.17, 15) is 4.79 Å². The quantitative estimate of drug-likeness (QED) is 0.571. The molecule has 3 aromatic rings. The summed E-state index contributed by atoms with van der Waals surface area (Å²) in [5.74, 6) is 0.689. The summed E-state index contributed by atoms with van der Waals surface area (Å²) in [4.78, 5) is 13.1. The topological polar surface area (TPSA) is 38.3 Å². The lowest BCUT2D eigenvalue weighted by Crippen LogP contribution is -2.10. The molecular formula is C21H20ClNO2S. The van der Waals surface area contributed by atoms with Crippen LogP contribution in [0.3, 0.4) is 0 Å². The van der Waals surface area contributed by atoms with E-state index in [1.165, 1.54) is 16.9 Å². The van der Waals surface area contributed by atoms with Crippen LogP contribution in [0.4, 0.5) is 5.69 Å². The largest absolute Gasteiger partial charge is 0.489 e. The standard InChI is InChI=1S/C21H20ClNO2S/c1-13-4-6-18(9-14(13)2)23-21(24)20-10-16(12-26-20)11-25-19-7-5-17(22)8-15(19)3/h4-10,12H,11H2,1-3H3,(H,23,24). The maximum atomic E-state index is 12.4. The van der Waals surface area contributed by atoms with Crippen LogP contribution in [0, 0.1) is 20.8 Å². The number of aryl methyl sites for hydroxylation is 3. The molecule has 0 bridgehead atoms. The van der Waals surface area contributed by atoms with Crippen LogP contribution >= 0.6 is 22.9 Å². The molecule has 1 N–H and O–H groups in total. The first-order chi connectivity index (χ1) is 12.4. The fourth-order valence-corrected chi connectivity index (χ4v) is 3.54. The van der Waals surface area contributed by atoms with Crippen molar-refractivity contribution in [2.75, 3.05) is 5.32 Å². The summed E-state index contributed by atoms with van der Waals surface area (Å²) in [6, 6.07) is 13.3. The first-order valence-corrected chi connectivity index (χ1v) is 9.53. The number of halogens is 1. The second-order valence-corrected chi connectivity index (χ2v) is 7.62. The van der Waals surface area contributed by atoms with Gasteiger partial charge in [-0.05, 0) is 79.2 Å². The minimum absolute atomic E-state index is 0.104. The van der Waals surface area contributed by atoms with Crippen molar-refractivity contribution in [3.05, 3.63) is 80.0 Å². The molecule has 0 fully saturated rings. The van der Waals surface area contributed by atoms with E-state index in [4.69, 9.17) is 16.3 Å². The Hall–Kier alpha value is -2.30. The molecule has 1 aromatic heterocycles. The zero-order chi connectivity index (χ0) is 18.7. The van der Waals surface area contributed by atoms with Gasteiger partial charge in [0.15, 0.2) is 0 Å². The van der Waals surface area contributed by atoms with Crippen LogP contribution in [0.25, 0.3) is 0 Å². The number of hydrogen-bond acceptors (Lipinski definition) is 3. The normalized spacial score (nSPS) is 10.6. The van der Waals surface area contributed by atoms with Crippen molar-refractivity contribution in [3.63, 3.8) is 0 Å². The van der Waals surface area contributed by atoms with Crippen LogP contribution in [-0.2, 0) is 6.61 Å². The number of carbonyl (C=O) groups excluding carboxylic acids is 1. The van der Waals surface area contributed by atoms with Gasteiger partial charge in [-0.1, -0.05) is 17.7 Å². The van der Waals surface area contributed by atoms with Crippen molar-refractivity contribution < 1.29 is 9.53 Å². The minimum Gasteiger partial charge on any atom is -0.489 e. The number of hydrogen-bond donors (Lipinski definition) is 1. The number of anilines is 1. The van der Waals surface area contributed by atoms with Crippen molar-refractivity contribution in [2.24, 2.45) is 0 Å². The summed E-state index contributed by atoms with van der Waals surface area (Å²) in [6.45, 7) is 6.45. The zero-order valence-electron chi connectivity index (χ0n) is 14.9. The van der Waals surface area contributed by atoms with Crippen LogP contribution in [0.5, 0.6) is 5.75 Å². The lowest BCUT2D eigenvalue weighted by atomic mass is 10.1. The Labute approximate surface area is 162 Å². The molecule has 0 radical (unpaired) electrons. The molecule has 0 aliphatic heterocycles. The van der Waals surface area contributed by atoms with Crippen molar-refractivity contribution in [1.82, 2.24) is 0 Å². The molecule has 5 heteroatoms. The fraction of sp³-hybridized carbons (Fsp3) is 0.190. The van der Waals surface area contributed by atoms with Gasteiger partial charge in [-0.25, -0.2) is 0 Å². The second-order valence-electron chi connectivity index (χ2n) is 6.27. The summed E-state index contributed by atoms with van der Waals surface area (Å²) < 4.78 is 5.83. The number of benzene rings is 2. The van der Waals surface area contributed by atoms with Gasteiger partial charge in [-0.3, -0.25) is 4.79 Å². The molecule has 1 amide bonds. The van der Waals surface area contributed by atoms with Crippen LogP contribution in [0.1, 0.15) is 31.9 Å². The summed E-state index contributed by atoms with van der Waals surface area (Å²) in [6.07, 6.45) is 0. The Bertz CT molecular complexity index is 949. The first-order valence-electron chi connectivity index (χ1n) is 8.27. The van der Waals surface area contributed by atoms with Gasteiger partial charge in [0.2, 0.25) is 0 Å². The van der Waals surface area contributed by atoms with Crippen molar-refractivity contribution in [3.8, 4) is 5.75 Å². The third kappa shape index (κ3) is 4.45. The van der Waals surface area contributed by atoms with E-state index in [0.717, 1.165) is 28.1 Å². The van der Waals surface area contributed by atoms with E-state index in [-0.39, 0.29) is 5.91 Å². The number of ether oxygens (including phenoxy) is 1. The molecule has 0 aliphatic rings. The van der Waals surface area contributed by atoms with Crippen LogP contribution in [0.15, 0.2) is 47.8 Å². The third-order valence-electron chi connectivity index (χ3n) is 4.17. The Morgan fingerprint density at radius 2 is 1.85 bits per heavy atom. The molecule has 0 saturated carbocycles. The van der Waals surface area contributed by atoms with E-state index < -0.39 is 0 Å². The van der Waals surface area contributed by atoms with Gasteiger partial charge >= 0.3 is 0 Å². The first kappa shape index (κ1) is 18.5. The Kier molecular flexibility index (Phi) is 5.64. The highest BCUT2D eigenvalue weighted by molar-refractivity contribution is 7.12. The summed E-state index contributed by atoms with van der Waals surface area (Å²) in [5.41, 5.74) is 5.12. The highest BCUT2D eigenvalue weighted by Gasteiger charge is 2.11. The monoisotopic (exact) mass is 385 g/mol. The second kappa shape index (κ2) is 7.94. The maximum absolute atomic E-state index is 12.4. The van der Waals surface area contributed by atoms with Crippen LogP contribution < -0.4 is 10.1 Å². The predicted molar refractivity (Wildman–Crippen MR) is 109 cm³/mol. The lowest BCUT2D eigenvalue weighted by Gasteiger charge is -2.08. The van der Waals surface area contributed by atoms with Crippen LogP contribution in [-0.4, -0.2) is 5.91 Å². The molecule has 1 heterocycles. The Morgan fingerprint density at radius 1 is 1.04 bits per heavy atom. The Morgan fingerprint density at radius 3 is 2.58 bits per heavy atom. The third-order valence-corrected chi connectivity index (χ3v) is 5.39. The van der Waals surface area contributed by atoms with Gasteiger partial charge < -0.3 is 10.1 Å². The molecule has 0 unspecified atom stereocenters. The highest BCUT2D eigenvalue weighted by Crippen LogP contribution is 2.24. The molecule has 0 atom stereocenters. The van der Waals surface area contributed by atoms with Crippen molar-refractivity contribution in [2.45, 2.75) is 27.4 Å². The van der Waals surface area contributed by atoms with E-state index in [1.807, 2.05) is 55.6 Å². The molecule has 2 aromatic carbocycles. The van der Waals surface area contributed by atoms with Crippen molar-refractivity contribution >= 4 is 34.5 Å². The lowest BCUT2D eigenvalue weighted by molar-refractivity contribution is 0.103. The molecule has 134 valence electrons. The number of rotatable bonds is 5. The van der Waals surface area contributed by atoms with E-state index in [0.29, 0.717) is 16.5 Å². The Balaban J connectivity index is 1.63. The summed E-state index contributed by atoms with van der Waals surface area (Å²) in [7, 11) is 0. The van der Waals surface area contributed by atoms with Gasteiger partial charge in [0.1, 0.15) is 12.4 Å². The van der Waals surface area contributed by atoms with Crippen LogP contribution in [0.2, 0.25) is 5.02 Å². The van der Waals surface area contributed by atoms with Crippen molar-refractivity contribution in [1.29, 1.82) is 0 Å².